The Kier molecular flexibility index (Phi) is 3.58. The third-order valence-electron chi connectivity index (χ3n) is 4.69. The number of carbonyl (C=O) groups is 1. The Morgan fingerprint density at radius 3 is 3.05 bits per heavy atom. The Hall–Kier alpha value is -1.31. The number of rotatable bonds is 4. The molecule has 1 heterocycles. The minimum atomic E-state index is 0.331. The lowest BCUT2D eigenvalue weighted by Gasteiger charge is -2.13. The van der Waals surface area contributed by atoms with Gasteiger partial charge in [0.1, 0.15) is 11.5 Å². The topological polar surface area (TPSA) is 26.3 Å². The number of ketones is 1. The molecule has 0 aromatic heterocycles. The fraction of sp³-hybridized carbons (Fsp3) is 0.588. The van der Waals surface area contributed by atoms with Crippen molar-refractivity contribution in [3.8, 4) is 5.75 Å². The highest BCUT2D eigenvalue weighted by molar-refractivity contribution is 5.81. The van der Waals surface area contributed by atoms with Crippen molar-refractivity contribution in [3.05, 3.63) is 29.3 Å². The van der Waals surface area contributed by atoms with Gasteiger partial charge in [0, 0.05) is 18.8 Å². The van der Waals surface area contributed by atoms with Gasteiger partial charge in [0.25, 0.3) is 0 Å². The highest BCUT2D eigenvalue weighted by Gasteiger charge is 2.28. The van der Waals surface area contributed by atoms with Crippen LogP contribution in [0, 0.1) is 11.8 Å². The van der Waals surface area contributed by atoms with E-state index in [1.165, 1.54) is 24.0 Å². The molecule has 2 atom stereocenters. The number of hydrogen-bond donors (Lipinski definition) is 0. The predicted molar refractivity (Wildman–Crippen MR) is 75.5 cm³/mol. The van der Waals surface area contributed by atoms with Crippen molar-refractivity contribution in [2.75, 3.05) is 6.61 Å². The van der Waals surface area contributed by atoms with Crippen LogP contribution in [0.5, 0.6) is 5.75 Å². The second kappa shape index (κ2) is 5.36. The summed E-state index contributed by atoms with van der Waals surface area (Å²) in [7, 11) is 0. The highest BCUT2D eigenvalue weighted by Crippen LogP contribution is 2.33. The normalized spacial score (nSPS) is 25.1. The summed E-state index contributed by atoms with van der Waals surface area (Å²) >= 11 is 0. The molecule has 0 bridgehead atoms. The molecule has 0 spiro atoms. The van der Waals surface area contributed by atoms with E-state index in [1.807, 2.05) is 0 Å². The van der Waals surface area contributed by atoms with Crippen LogP contribution in [0.2, 0.25) is 0 Å². The number of Topliss-reactive ketones (excluding diaryl/α,β-unsaturated/α-hetero) is 1. The molecule has 0 saturated heterocycles. The van der Waals surface area contributed by atoms with E-state index in [4.69, 9.17) is 4.74 Å². The predicted octanol–water partition coefficient (Wildman–Crippen LogP) is 3.56. The van der Waals surface area contributed by atoms with Crippen LogP contribution in [-0.2, 0) is 17.6 Å². The zero-order valence-electron chi connectivity index (χ0n) is 11.7. The molecule has 3 rings (SSSR count). The van der Waals surface area contributed by atoms with Crippen molar-refractivity contribution >= 4 is 5.78 Å². The van der Waals surface area contributed by atoms with E-state index in [1.54, 1.807) is 0 Å². The third kappa shape index (κ3) is 2.68. The van der Waals surface area contributed by atoms with Gasteiger partial charge in [0.15, 0.2) is 0 Å². The Morgan fingerprint density at radius 2 is 2.26 bits per heavy atom. The molecule has 1 aromatic rings. The average molecular weight is 258 g/mol. The Balaban J connectivity index is 1.58. The second-order valence-electron chi connectivity index (χ2n) is 6.02. The fourth-order valence-electron chi connectivity index (χ4n) is 3.47. The molecule has 2 aliphatic rings. The van der Waals surface area contributed by atoms with E-state index in [9.17, 15) is 4.79 Å². The van der Waals surface area contributed by atoms with Crippen LogP contribution in [0.1, 0.15) is 43.7 Å². The molecule has 0 radical (unpaired) electrons. The molecule has 1 aromatic carbocycles. The maximum Gasteiger partial charge on any atom is 0.136 e. The number of benzene rings is 1. The number of aryl methyl sites for hydroxylation is 1. The lowest BCUT2D eigenvalue weighted by molar-refractivity contribution is -0.123. The molecule has 0 amide bonds. The first kappa shape index (κ1) is 12.7. The molecule has 0 N–H and O–H groups in total. The maximum atomic E-state index is 12.2. The van der Waals surface area contributed by atoms with Gasteiger partial charge in [-0.1, -0.05) is 25.5 Å². The van der Waals surface area contributed by atoms with Crippen LogP contribution in [0.3, 0.4) is 0 Å². The molecule has 2 nitrogen and oxygen atoms in total. The summed E-state index contributed by atoms with van der Waals surface area (Å²) in [5.74, 6) is 2.43. The lowest BCUT2D eigenvalue weighted by atomic mass is 9.90. The van der Waals surface area contributed by atoms with Gasteiger partial charge in [-0.2, -0.15) is 0 Å². The van der Waals surface area contributed by atoms with Crippen molar-refractivity contribution in [2.24, 2.45) is 11.8 Å². The van der Waals surface area contributed by atoms with Crippen LogP contribution in [0.4, 0.5) is 0 Å². The smallest absolute Gasteiger partial charge is 0.136 e. The monoisotopic (exact) mass is 258 g/mol. The largest absolute Gasteiger partial charge is 0.493 e. The van der Waals surface area contributed by atoms with Gasteiger partial charge >= 0.3 is 0 Å². The van der Waals surface area contributed by atoms with Gasteiger partial charge in [-0.05, 0) is 42.4 Å². The van der Waals surface area contributed by atoms with Crippen molar-refractivity contribution in [3.63, 3.8) is 0 Å². The van der Waals surface area contributed by atoms with Gasteiger partial charge in [0.05, 0.1) is 6.61 Å². The first-order valence-electron chi connectivity index (χ1n) is 7.51. The minimum Gasteiger partial charge on any atom is -0.493 e. The summed E-state index contributed by atoms with van der Waals surface area (Å²) in [6, 6.07) is 6.38. The van der Waals surface area contributed by atoms with Gasteiger partial charge < -0.3 is 4.74 Å². The zero-order chi connectivity index (χ0) is 13.2. The molecule has 1 aliphatic carbocycles. The summed E-state index contributed by atoms with van der Waals surface area (Å²) in [5, 5.41) is 0. The average Bonchev–Trinajstić information content (AvgIpc) is 3.03. The van der Waals surface area contributed by atoms with E-state index in [0.29, 0.717) is 24.0 Å². The SMILES string of the molecule is CC1CCCC1C(=O)CCc1ccc2c(c1)CCO2. The minimum absolute atomic E-state index is 0.331. The molecule has 1 fully saturated rings. The van der Waals surface area contributed by atoms with E-state index >= 15 is 0 Å². The van der Waals surface area contributed by atoms with Gasteiger partial charge in [-0.25, -0.2) is 0 Å². The third-order valence-corrected chi connectivity index (χ3v) is 4.69. The quantitative estimate of drug-likeness (QED) is 0.825. The first-order valence-corrected chi connectivity index (χ1v) is 7.51. The van der Waals surface area contributed by atoms with Crippen LogP contribution in [-0.4, -0.2) is 12.4 Å². The molecule has 2 heteroatoms. The summed E-state index contributed by atoms with van der Waals surface area (Å²) in [6.07, 6.45) is 6.17. The van der Waals surface area contributed by atoms with Gasteiger partial charge in [-0.3, -0.25) is 4.79 Å². The zero-order valence-corrected chi connectivity index (χ0v) is 11.7. The maximum absolute atomic E-state index is 12.2. The van der Waals surface area contributed by atoms with Crippen molar-refractivity contribution < 1.29 is 9.53 Å². The molecule has 102 valence electrons. The van der Waals surface area contributed by atoms with E-state index in [0.717, 1.165) is 31.6 Å². The molecule has 1 saturated carbocycles. The fourth-order valence-corrected chi connectivity index (χ4v) is 3.47. The Labute approximate surface area is 115 Å². The lowest BCUT2D eigenvalue weighted by Crippen LogP contribution is -2.17. The molecule has 1 aliphatic heterocycles. The van der Waals surface area contributed by atoms with E-state index < -0.39 is 0 Å². The van der Waals surface area contributed by atoms with Crippen molar-refractivity contribution in [1.29, 1.82) is 0 Å². The Bertz CT molecular complexity index is 478. The molecular formula is C17H22O2. The number of ether oxygens (including phenoxy) is 1. The first-order chi connectivity index (χ1) is 9.24. The van der Waals surface area contributed by atoms with Crippen LogP contribution < -0.4 is 4.74 Å². The van der Waals surface area contributed by atoms with E-state index in [-0.39, 0.29) is 0 Å². The van der Waals surface area contributed by atoms with Gasteiger partial charge in [-0.15, -0.1) is 0 Å². The molecule has 2 unspecified atom stereocenters. The van der Waals surface area contributed by atoms with Crippen LogP contribution in [0.25, 0.3) is 0 Å². The second-order valence-corrected chi connectivity index (χ2v) is 6.02. The number of fused-ring (bicyclic) bond motifs is 1. The molecular weight excluding hydrogens is 236 g/mol. The summed E-state index contributed by atoms with van der Waals surface area (Å²) in [5.41, 5.74) is 2.59. The van der Waals surface area contributed by atoms with Crippen molar-refractivity contribution in [1.82, 2.24) is 0 Å². The van der Waals surface area contributed by atoms with E-state index in [2.05, 4.69) is 25.1 Å². The molecule has 19 heavy (non-hydrogen) atoms. The van der Waals surface area contributed by atoms with Gasteiger partial charge in [0.2, 0.25) is 0 Å². The summed E-state index contributed by atoms with van der Waals surface area (Å²) < 4.78 is 5.51. The number of hydrogen-bond acceptors (Lipinski definition) is 2. The summed E-state index contributed by atoms with van der Waals surface area (Å²) in [6.45, 7) is 3.03. The highest BCUT2D eigenvalue weighted by atomic mass is 16.5. The number of carbonyl (C=O) groups excluding carboxylic acids is 1. The standard InChI is InChI=1S/C17H22O2/c1-12-3-2-4-15(12)16(18)7-5-13-6-8-17-14(11-13)9-10-19-17/h6,8,11-12,15H,2-5,7,9-10H2,1H3. The Morgan fingerprint density at radius 1 is 1.37 bits per heavy atom. The van der Waals surface area contributed by atoms with Crippen LogP contribution in [0.15, 0.2) is 18.2 Å². The van der Waals surface area contributed by atoms with Crippen molar-refractivity contribution in [2.45, 2.75) is 45.4 Å². The van der Waals surface area contributed by atoms with Crippen LogP contribution >= 0.6 is 0 Å². The summed E-state index contributed by atoms with van der Waals surface area (Å²) in [4.78, 5) is 12.2.